The number of halogens is 1. The number of benzene rings is 2. The molecule has 0 radical (unpaired) electrons. The van der Waals surface area contributed by atoms with E-state index in [9.17, 15) is 9.59 Å². The van der Waals surface area contributed by atoms with Crippen LogP contribution in [0.5, 0.6) is 5.75 Å². The summed E-state index contributed by atoms with van der Waals surface area (Å²) in [5, 5.41) is 3.17. The summed E-state index contributed by atoms with van der Waals surface area (Å²) in [5.41, 5.74) is 1.42. The minimum Gasteiger partial charge on any atom is -0.484 e. The number of rotatable bonds is 5. The fraction of sp³-hybridized carbons (Fsp3) is 0.150. The zero-order chi connectivity index (χ0) is 19.5. The van der Waals surface area contributed by atoms with Gasteiger partial charge in [0.1, 0.15) is 5.75 Å². The Morgan fingerprint density at radius 1 is 1.25 bits per heavy atom. The molecule has 8 heteroatoms. The summed E-state index contributed by atoms with van der Waals surface area (Å²) in [6, 6.07) is 14.2. The van der Waals surface area contributed by atoms with Crippen LogP contribution in [0.15, 0.2) is 58.3 Å². The fourth-order valence-corrected chi connectivity index (χ4v) is 3.99. The SMILES string of the molecule is O=C(COc1ccc(C=c2sc3n(c2=O)CCN=3)cc1)Nc1ccccc1Cl. The van der Waals surface area contributed by atoms with Crippen LogP contribution in [0.2, 0.25) is 5.02 Å². The van der Waals surface area contributed by atoms with Gasteiger partial charge in [-0.2, -0.15) is 0 Å². The van der Waals surface area contributed by atoms with E-state index in [0.717, 1.165) is 10.4 Å². The molecule has 0 saturated heterocycles. The van der Waals surface area contributed by atoms with E-state index in [1.807, 2.05) is 18.2 Å². The summed E-state index contributed by atoms with van der Waals surface area (Å²) < 4.78 is 7.87. The number of amides is 1. The van der Waals surface area contributed by atoms with Crippen molar-refractivity contribution in [2.24, 2.45) is 4.99 Å². The van der Waals surface area contributed by atoms with Crippen LogP contribution in [-0.4, -0.2) is 23.6 Å². The topological polar surface area (TPSA) is 72.7 Å². The maximum Gasteiger partial charge on any atom is 0.270 e. The van der Waals surface area contributed by atoms with Crippen LogP contribution in [0.4, 0.5) is 5.69 Å². The van der Waals surface area contributed by atoms with Crippen LogP contribution in [-0.2, 0) is 11.3 Å². The Labute approximate surface area is 169 Å². The molecule has 0 spiro atoms. The maximum absolute atomic E-state index is 12.3. The third-order valence-corrected chi connectivity index (χ3v) is 5.53. The molecule has 0 atom stereocenters. The molecule has 1 N–H and O–H groups in total. The predicted octanol–water partition coefficient (Wildman–Crippen LogP) is 2.04. The van der Waals surface area contributed by atoms with Crippen molar-refractivity contribution in [3.63, 3.8) is 0 Å². The summed E-state index contributed by atoms with van der Waals surface area (Å²) in [4.78, 5) is 29.4. The molecule has 1 amide bonds. The monoisotopic (exact) mass is 413 g/mol. The van der Waals surface area contributed by atoms with Gasteiger partial charge in [-0.25, -0.2) is 0 Å². The second kappa shape index (κ2) is 8.00. The number of hydrogen-bond donors (Lipinski definition) is 1. The van der Waals surface area contributed by atoms with Crippen molar-refractivity contribution >= 4 is 40.6 Å². The molecular formula is C20H16ClN3O3S. The highest BCUT2D eigenvalue weighted by molar-refractivity contribution is 7.07. The number of carbonyl (C=O) groups excluding carboxylic acids is 1. The van der Waals surface area contributed by atoms with Gasteiger partial charge in [0.15, 0.2) is 11.4 Å². The van der Waals surface area contributed by atoms with Crippen LogP contribution in [0.3, 0.4) is 0 Å². The predicted molar refractivity (Wildman–Crippen MR) is 110 cm³/mol. The lowest BCUT2D eigenvalue weighted by Crippen LogP contribution is -2.29. The number of nitrogens with zero attached hydrogens (tertiary/aromatic N) is 2. The average molecular weight is 414 g/mol. The molecule has 142 valence electrons. The molecule has 2 heterocycles. The second-order valence-electron chi connectivity index (χ2n) is 6.12. The smallest absolute Gasteiger partial charge is 0.270 e. The van der Waals surface area contributed by atoms with E-state index < -0.39 is 0 Å². The van der Waals surface area contributed by atoms with Crippen LogP contribution >= 0.6 is 22.9 Å². The van der Waals surface area contributed by atoms with Crippen LogP contribution in [0.25, 0.3) is 6.08 Å². The molecule has 0 bridgehead atoms. The number of thiazole rings is 1. The van der Waals surface area contributed by atoms with Gasteiger partial charge in [-0.1, -0.05) is 47.2 Å². The van der Waals surface area contributed by atoms with Crippen molar-refractivity contribution in [2.45, 2.75) is 6.54 Å². The molecule has 28 heavy (non-hydrogen) atoms. The Hall–Kier alpha value is -2.90. The van der Waals surface area contributed by atoms with Gasteiger partial charge in [0.25, 0.3) is 11.5 Å². The quantitative estimate of drug-likeness (QED) is 0.695. The number of nitrogens with one attached hydrogen (secondary N) is 1. The zero-order valence-corrected chi connectivity index (χ0v) is 16.3. The molecule has 0 unspecified atom stereocenters. The number of hydrogen-bond acceptors (Lipinski definition) is 5. The Morgan fingerprint density at radius 3 is 2.79 bits per heavy atom. The largest absolute Gasteiger partial charge is 0.484 e. The first-order valence-electron chi connectivity index (χ1n) is 8.63. The molecule has 0 fully saturated rings. The zero-order valence-electron chi connectivity index (χ0n) is 14.7. The molecule has 4 rings (SSSR count). The third-order valence-electron chi connectivity index (χ3n) is 4.15. The van der Waals surface area contributed by atoms with Crippen molar-refractivity contribution in [3.05, 3.63) is 78.8 Å². The molecule has 1 aliphatic heterocycles. The van der Waals surface area contributed by atoms with Crippen molar-refractivity contribution in [1.29, 1.82) is 0 Å². The van der Waals surface area contributed by atoms with E-state index in [4.69, 9.17) is 16.3 Å². The first-order chi connectivity index (χ1) is 13.6. The average Bonchev–Trinajstić information content (AvgIpc) is 3.26. The Morgan fingerprint density at radius 2 is 2.04 bits per heavy atom. The second-order valence-corrected chi connectivity index (χ2v) is 7.53. The lowest BCUT2D eigenvalue weighted by Gasteiger charge is -2.08. The molecule has 2 aromatic carbocycles. The Bertz CT molecular complexity index is 1200. The van der Waals surface area contributed by atoms with Crippen LogP contribution in [0, 0.1) is 0 Å². The lowest BCUT2D eigenvalue weighted by atomic mass is 10.2. The van der Waals surface area contributed by atoms with E-state index in [0.29, 0.717) is 34.1 Å². The van der Waals surface area contributed by atoms with Crippen molar-refractivity contribution in [1.82, 2.24) is 4.57 Å². The minimum absolute atomic E-state index is 0.00202. The van der Waals surface area contributed by atoms with Gasteiger partial charge in [-0.05, 0) is 35.9 Å². The summed E-state index contributed by atoms with van der Waals surface area (Å²) in [7, 11) is 0. The van der Waals surface area contributed by atoms with Gasteiger partial charge < -0.3 is 10.1 Å². The summed E-state index contributed by atoms with van der Waals surface area (Å²) in [5.74, 6) is 0.264. The number of aromatic nitrogens is 1. The number of fused-ring (bicyclic) bond motifs is 1. The summed E-state index contributed by atoms with van der Waals surface area (Å²) >= 11 is 7.41. The first-order valence-corrected chi connectivity index (χ1v) is 9.83. The Kier molecular flexibility index (Phi) is 5.27. The van der Waals surface area contributed by atoms with E-state index in [-0.39, 0.29) is 18.1 Å². The fourth-order valence-electron chi connectivity index (χ4n) is 2.78. The van der Waals surface area contributed by atoms with E-state index in [1.54, 1.807) is 41.0 Å². The molecule has 0 saturated carbocycles. The normalized spacial score (nSPS) is 13.1. The van der Waals surface area contributed by atoms with E-state index in [2.05, 4.69) is 10.3 Å². The van der Waals surface area contributed by atoms with Gasteiger partial charge in [0.2, 0.25) is 0 Å². The minimum atomic E-state index is -0.298. The Balaban J connectivity index is 1.40. The summed E-state index contributed by atoms with van der Waals surface area (Å²) in [6.45, 7) is 1.20. The number of ether oxygens (including phenoxy) is 1. The molecule has 1 aliphatic rings. The van der Waals surface area contributed by atoms with Crippen molar-refractivity contribution in [3.8, 4) is 5.75 Å². The highest BCUT2D eigenvalue weighted by atomic mass is 35.5. The van der Waals surface area contributed by atoms with Crippen molar-refractivity contribution < 1.29 is 9.53 Å². The summed E-state index contributed by atoms with van der Waals surface area (Å²) in [6.07, 6.45) is 1.84. The first kappa shape index (κ1) is 18.5. The number of anilines is 1. The van der Waals surface area contributed by atoms with Gasteiger partial charge in [-0.3, -0.25) is 19.1 Å². The van der Waals surface area contributed by atoms with Crippen LogP contribution in [0.1, 0.15) is 5.56 Å². The highest BCUT2D eigenvalue weighted by Crippen LogP contribution is 2.20. The molecule has 1 aromatic heterocycles. The standard InChI is InChI=1S/C20H16ClN3O3S/c21-15-3-1-2-4-16(15)23-18(25)12-27-14-7-5-13(6-8-14)11-17-19(26)24-10-9-22-20(24)28-17/h1-8,11H,9-10,12H2,(H,23,25). The number of carbonyl (C=O) groups is 1. The van der Waals surface area contributed by atoms with E-state index in [1.165, 1.54) is 11.3 Å². The van der Waals surface area contributed by atoms with Gasteiger partial charge in [0, 0.05) is 6.54 Å². The van der Waals surface area contributed by atoms with Gasteiger partial charge >= 0.3 is 0 Å². The van der Waals surface area contributed by atoms with E-state index >= 15 is 0 Å². The van der Waals surface area contributed by atoms with Crippen LogP contribution < -0.4 is 24.9 Å². The molecular weight excluding hydrogens is 398 g/mol. The maximum atomic E-state index is 12.3. The molecule has 6 nitrogen and oxygen atoms in total. The molecule has 0 aliphatic carbocycles. The van der Waals surface area contributed by atoms with Crippen molar-refractivity contribution in [2.75, 3.05) is 18.5 Å². The van der Waals surface area contributed by atoms with Gasteiger partial charge in [-0.15, -0.1) is 0 Å². The highest BCUT2D eigenvalue weighted by Gasteiger charge is 2.09. The third kappa shape index (κ3) is 4.00. The van der Waals surface area contributed by atoms with Gasteiger partial charge in [0.05, 0.1) is 21.8 Å². The molecule has 3 aromatic rings. The lowest BCUT2D eigenvalue weighted by molar-refractivity contribution is -0.118. The number of para-hydroxylation sites is 1.